The Labute approximate surface area is 207 Å². The van der Waals surface area contributed by atoms with Crippen LogP contribution in [0.2, 0.25) is 0 Å². The van der Waals surface area contributed by atoms with E-state index >= 15 is 0 Å². The van der Waals surface area contributed by atoms with Crippen molar-refractivity contribution in [1.29, 1.82) is 5.26 Å². The van der Waals surface area contributed by atoms with E-state index in [1.165, 1.54) is 41.5 Å². The number of hydrogen-bond donors (Lipinski definition) is 2. The van der Waals surface area contributed by atoms with Crippen LogP contribution in [0.25, 0.3) is 0 Å². The summed E-state index contributed by atoms with van der Waals surface area (Å²) in [6.45, 7) is 1.76. The molecule has 1 unspecified atom stereocenters. The maximum Gasteiger partial charge on any atom is 0.416 e. The van der Waals surface area contributed by atoms with Crippen molar-refractivity contribution in [2.45, 2.75) is 43.3 Å². The molecule has 11 heteroatoms. The second kappa shape index (κ2) is 9.28. The predicted octanol–water partition coefficient (Wildman–Crippen LogP) is 6.33. The third kappa shape index (κ3) is 4.48. The van der Waals surface area contributed by atoms with Gasteiger partial charge in [-0.05, 0) is 50.1 Å². The number of hydrogen-bond acceptors (Lipinski definition) is 5. The van der Waals surface area contributed by atoms with Crippen LogP contribution < -0.4 is 4.90 Å². The maximum atomic E-state index is 13.8. The van der Waals surface area contributed by atoms with Crippen molar-refractivity contribution in [2.24, 2.45) is 0 Å². The number of benzene rings is 2. The highest BCUT2D eigenvalue weighted by atomic mass is 32.3. The van der Waals surface area contributed by atoms with E-state index in [0.717, 1.165) is 17.0 Å². The van der Waals surface area contributed by atoms with Gasteiger partial charge in [-0.1, -0.05) is 12.1 Å². The number of halogens is 3. The van der Waals surface area contributed by atoms with Crippen molar-refractivity contribution in [2.75, 3.05) is 17.7 Å². The lowest BCUT2D eigenvalue weighted by molar-refractivity contribution is -0.137. The zero-order valence-corrected chi connectivity index (χ0v) is 20.4. The zero-order valence-electron chi connectivity index (χ0n) is 19.5. The summed E-state index contributed by atoms with van der Waals surface area (Å²) in [7, 11) is -3.37. The average molecular weight is 520 g/mol. The van der Waals surface area contributed by atoms with Crippen LogP contribution >= 0.6 is 10.6 Å². The molecule has 0 aromatic heterocycles. The van der Waals surface area contributed by atoms with E-state index in [1.807, 2.05) is 6.07 Å². The van der Waals surface area contributed by atoms with Gasteiger partial charge in [-0.2, -0.15) is 29.0 Å². The summed E-state index contributed by atoms with van der Waals surface area (Å²) >= 11 is 0. The molecule has 4 rings (SSSR count). The maximum absolute atomic E-state index is 13.8. The third-order valence-corrected chi connectivity index (χ3v) is 7.53. The van der Waals surface area contributed by atoms with E-state index < -0.39 is 34.4 Å². The lowest BCUT2D eigenvalue weighted by atomic mass is 9.83. The predicted molar refractivity (Wildman–Crippen MR) is 129 cm³/mol. The Morgan fingerprint density at radius 2 is 1.86 bits per heavy atom. The van der Waals surface area contributed by atoms with Gasteiger partial charge in [0.1, 0.15) is 0 Å². The molecule has 36 heavy (non-hydrogen) atoms. The van der Waals surface area contributed by atoms with Gasteiger partial charge in [0.2, 0.25) is 0 Å². The number of nitrogens with zero attached hydrogens (tertiary/aromatic N) is 3. The molecule has 7 nitrogen and oxygen atoms in total. The molecule has 190 valence electrons. The molecule has 0 saturated heterocycles. The first kappa shape index (κ1) is 25.8. The number of carbonyl (C=O) groups is 2. The van der Waals surface area contributed by atoms with Crippen molar-refractivity contribution in [3.8, 4) is 6.07 Å². The molecule has 2 amide bonds. The Bertz CT molecular complexity index is 1310. The number of Topliss-reactive ketones (excluding diaryl/α,β-unsaturated/α-hetero) is 1. The quantitative estimate of drug-likeness (QED) is 0.491. The van der Waals surface area contributed by atoms with Crippen LogP contribution in [0.3, 0.4) is 0 Å². The molecule has 0 fully saturated rings. The van der Waals surface area contributed by atoms with Crippen LogP contribution in [-0.4, -0.2) is 38.6 Å². The standard InChI is InChI=1S/C25H24F3N3O4S/c1-3-30-23(18-11-10-15(14-29)12-21(18)36(2,34)35)22-19(8-5-9-20(22)32)31(24(30)33)17-7-4-6-16(13-17)25(26,27)28/h4,6-7,10-13,23,34-35H,3,5,8-9H2,1-2H3. The van der Waals surface area contributed by atoms with Gasteiger partial charge in [-0.25, -0.2) is 4.79 Å². The Kier molecular flexibility index (Phi) is 6.64. The Hall–Kier alpha value is -3.33. The molecule has 1 heterocycles. The molecular weight excluding hydrogens is 495 g/mol. The summed E-state index contributed by atoms with van der Waals surface area (Å²) in [5, 5.41) is 9.32. The third-order valence-electron chi connectivity index (χ3n) is 6.35. The Morgan fingerprint density at radius 3 is 2.47 bits per heavy atom. The molecule has 1 atom stereocenters. The largest absolute Gasteiger partial charge is 0.416 e. The normalized spacial score (nSPS) is 19.3. The fraction of sp³-hybridized carbons (Fsp3) is 0.320. The zero-order chi connectivity index (χ0) is 26.4. The van der Waals surface area contributed by atoms with Gasteiger partial charge in [0.05, 0.1) is 33.8 Å². The molecular formula is C25H24F3N3O4S. The number of likely N-dealkylation sites (N-methyl/N-ethyl adjacent to an activating group) is 1. The number of nitriles is 1. The Balaban J connectivity index is 1.99. The second-order valence-corrected chi connectivity index (χ2v) is 10.8. The highest BCUT2D eigenvalue weighted by Crippen LogP contribution is 2.52. The van der Waals surface area contributed by atoms with E-state index in [-0.39, 0.29) is 52.5 Å². The highest BCUT2D eigenvalue weighted by Gasteiger charge is 2.45. The van der Waals surface area contributed by atoms with E-state index in [9.17, 15) is 37.1 Å². The van der Waals surface area contributed by atoms with Gasteiger partial charge in [0, 0.05) is 36.1 Å². The summed E-state index contributed by atoms with van der Waals surface area (Å²) in [5.41, 5.74) is 0.0712. The van der Waals surface area contributed by atoms with Crippen molar-refractivity contribution < 1.29 is 31.9 Å². The summed E-state index contributed by atoms with van der Waals surface area (Å²) in [4.78, 5) is 29.6. The molecule has 0 spiro atoms. The monoisotopic (exact) mass is 519 g/mol. The first-order valence-corrected chi connectivity index (χ1v) is 13.2. The van der Waals surface area contributed by atoms with Crippen LogP contribution in [-0.2, 0) is 11.0 Å². The molecule has 0 saturated carbocycles. The summed E-state index contributed by atoms with van der Waals surface area (Å²) in [6.07, 6.45) is -2.53. The van der Waals surface area contributed by atoms with Crippen molar-refractivity contribution in [3.63, 3.8) is 0 Å². The van der Waals surface area contributed by atoms with Crippen molar-refractivity contribution in [3.05, 3.63) is 70.4 Å². The Morgan fingerprint density at radius 1 is 1.14 bits per heavy atom. The van der Waals surface area contributed by atoms with Gasteiger partial charge in [-0.15, -0.1) is 0 Å². The molecule has 2 aliphatic rings. The number of rotatable bonds is 4. The highest BCUT2D eigenvalue weighted by molar-refractivity contribution is 8.23. The van der Waals surface area contributed by atoms with E-state index in [2.05, 4.69) is 0 Å². The van der Waals surface area contributed by atoms with E-state index in [0.29, 0.717) is 12.1 Å². The van der Waals surface area contributed by atoms with Crippen LogP contribution in [0.4, 0.5) is 23.7 Å². The summed E-state index contributed by atoms with van der Waals surface area (Å²) < 4.78 is 61.4. The minimum Gasteiger partial charge on any atom is -0.313 e. The minimum atomic E-state index is -4.62. The second-order valence-electron chi connectivity index (χ2n) is 8.69. The number of ketones is 1. The van der Waals surface area contributed by atoms with Crippen LogP contribution in [0, 0.1) is 11.3 Å². The fourth-order valence-electron chi connectivity index (χ4n) is 4.79. The number of urea groups is 1. The van der Waals surface area contributed by atoms with E-state index in [4.69, 9.17) is 0 Å². The van der Waals surface area contributed by atoms with Crippen molar-refractivity contribution in [1.82, 2.24) is 4.90 Å². The lowest BCUT2D eigenvalue weighted by Gasteiger charge is -2.46. The first-order chi connectivity index (χ1) is 16.9. The molecule has 2 aromatic carbocycles. The molecule has 1 aliphatic carbocycles. The lowest BCUT2D eigenvalue weighted by Crippen LogP contribution is -2.52. The molecule has 0 radical (unpaired) electrons. The van der Waals surface area contributed by atoms with Crippen molar-refractivity contribution >= 4 is 28.1 Å². The minimum absolute atomic E-state index is 0.00578. The van der Waals surface area contributed by atoms with Gasteiger partial charge in [-0.3, -0.25) is 18.8 Å². The van der Waals surface area contributed by atoms with Gasteiger partial charge in [0.15, 0.2) is 5.78 Å². The number of carbonyl (C=O) groups excluding carboxylic acids is 2. The van der Waals surface area contributed by atoms with Gasteiger partial charge >= 0.3 is 12.2 Å². The summed E-state index contributed by atoms with van der Waals surface area (Å²) in [5.74, 6) is -0.271. The van der Waals surface area contributed by atoms with Crippen LogP contribution in [0.5, 0.6) is 0 Å². The van der Waals surface area contributed by atoms with Gasteiger partial charge < -0.3 is 4.90 Å². The first-order valence-electron chi connectivity index (χ1n) is 11.2. The van der Waals surface area contributed by atoms with Crippen LogP contribution in [0.1, 0.15) is 48.9 Å². The molecule has 2 N–H and O–H groups in total. The fourth-order valence-corrected chi connectivity index (χ4v) is 5.77. The number of allylic oxidation sites excluding steroid dienone is 1. The van der Waals surface area contributed by atoms with E-state index in [1.54, 1.807) is 6.92 Å². The molecule has 2 aromatic rings. The summed E-state index contributed by atoms with van der Waals surface area (Å²) in [6, 6.07) is 9.02. The van der Waals surface area contributed by atoms with Gasteiger partial charge in [0.25, 0.3) is 0 Å². The topological polar surface area (TPSA) is 105 Å². The number of amides is 2. The molecule has 1 aliphatic heterocycles. The SMILES string of the molecule is CCN1C(=O)N(c2cccc(C(F)(F)F)c2)C2=C(C(=O)CCC2)C1c1ccc(C#N)cc1S(C)(O)O. The number of alkyl halides is 3. The number of anilines is 1. The molecule has 0 bridgehead atoms. The van der Waals surface area contributed by atoms with Crippen LogP contribution in [0.15, 0.2) is 58.6 Å². The average Bonchev–Trinajstić information content (AvgIpc) is 2.82. The smallest absolute Gasteiger partial charge is 0.313 e.